The van der Waals surface area contributed by atoms with Gasteiger partial charge < -0.3 is 14.6 Å². The number of nitrogens with zero attached hydrogens (tertiary/aromatic N) is 3. The van der Waals surface area contributed by atoms with Crippen LogP contribution in [0.5, 0.6) is 0 Å². The molecule has 0 radical (unpaired) electrons. The highest BCUT2D eigenvalue weighted by atomic mass is 16.6. The van der Waals surface area contributed by atoms with Crippen molar-refractivity contribution in [2.45, 2.75) is 19.4 Å². The number of rotatable bonds is 5. The molecule has 1 aliphatic rings. The van der Waals surface area contributed by atoms with Crippen LogP contribution in [0, 0.1) is 16.0 Å². The van der Waals surface area contributed by atoms with E-state index >= 15 is 0 Å². The van der Waals surface area contributed by atoms with Gasteiger partial charge in [-0.2, -0.15) is 5.10 Å². The summed E-state index contributed by atoms with van der Waals surface area (Å²) < 4.78 is 10.6. The number of carbonyl (C=O) groups excluding carboxylic acids is 1. The van der Waals surface area contributed by atoms with Crippen LogP contribution >= 0.6 is 0 Å². The van der Waals surface area contributed by atoms with Crippen LogP contribution in [0.4, 0.5) is 5.69 Å². The van der Waals surface area contributed by atoms with E-state index < -0.39 is 33.9 Å². The number of aromatic carboxylic acids is 1. The number of carboxylic acid groups (broad SMARTS) is 1. The number of methoxy groups -OCH3 is 1. The lowest BCUT2D eigenvalue weighted by atomic mass is 10.0. The van der Waals surface area contributed by atoms with Crippen LogP contribution in [0.15, 0.2) is 0 Å². The van der Waals surface area contributed by atoms with Gasteiger partial charge in [-0.1, -0.05) is 0 Å². The normalized spacial score (nSPS) is 15.5. The van der Waals surface area contributed by atoms with E-state index in [1.807, 2.05) is 0 Å². The highest BCUT2D eigenvalue weighted by Crippen LogP contribution is 2.27. The summed E-state index contributed by atoms with van der Waals surface area (Å²) in [6.45, 7) is 1.25. The molecule has 0 unspecified atom stereocenters. The number of carboxylic acids is 1. The molecule has 120 valence electrons. The van der Waals surface area contributed by atoms with Gasteiger partial charge in [-0.15, -0.1) is 0 Å². The summed E-state index contributed by atoms with van der Waals surface area (Å²) >= 11 is 0. The van der Waals surface area contributed by atoms with Gasteiger partial charge in [0.15, 0.2) is 0 Å². The Morgan fingerprint density at radius 1 is 1.50 bits per heavy atom. The van der Waals surface area contributed by atoms with E-state index in [-0.39, 0.29) is 12.5 Å². The summed E-state index contributed by atoms with van der Waals surface area (Å²) in [6, 6.07) is 0. The van der Waals surface area contributed by atoms with Crippen molar-refractivity contribution in [2.75, 3.05) is 20.3 Å². The fourth-order valence-corrected chi connectivity index (χ4v) is 2.38. The van der Waals surface area contributed by atoms with E-state index in [9.17, 15) is 24.8 Å². The predicted octanol–water partition coefficient (Wildman–Crippen LogP) is 0.703. The second-order valence-electron chi connectivity index (χ2n) is 4.84. The van der Waals surface area contributed by atoms with Crippen molar-refractivity contribution in [1.29, 1.82) is 0 Å². The van der Waals surface area contributed by atoms with Gasteiger partial charge in [0.2, 0.25) is 11.4 Å². The molecule has 10 heteroatoms. The van der Waals surface area contributed by atoms with Gasteiger partial charge in [-0.05, 0) is 18.8 Å². The van der Waals surface area contributed by atoms with E-state index in [2.05, 4.69) is 9.84 Å². The summed E-state index contributed by atoms with van der Waals surface area (Å²) in [5.41, 5.74) is -2.06. The van der Waals surface area contributed by atoms with Gasteiger partial charge in [0.25, 0.3) is 0 Å². The molecule has 1 fully saturated rings. The maximum atomic E-state index is 11.6. The van der Waals surface area contributed by atoms with Crippen molar-refractivity contribution < 1.29 is 29.1 Å². The molecule has 0 bridgehead atoms. The number of aromatic nitrogens is 2. The van der Waals surface area contributed by atoms with Gasteiger partial charge in [0.1, 0.15) is 0 Å². The first kappa shape index (κ1) is 15.9. The maximum absolute atomic E-state index is 11.6. The standard InChI is InChI=1S/C12H15N3O7/c1-21-12(18)8-9(15(19)20)10(11(16)17)14(13-8)6-7-2-4-22-5-3-7/h7H,2-6H2,1H3,(H,16,17). The molecule has 1 aliphatic heterocycles. The Hall–Kier alpha value is -2.49. The zero-order valence-corrected chi connectivity index (χ0v) is 11.9. The minimum Gasteiger partial charge on any atom is -0.476 e. The van der Waals surface area contributed by atoms with Crippen molar-refractivity contribution >= 4 is 17.6 Å². The van der Waals surface area contributed by atoms with Crippen molar-refractivity contribution in [2.24, 2.45) is 5.92 Å². The predicted molar refractivity (Wildman–Crippen MR) is 70.7 cm³/mol. The second kappa shape index (κ2) is 6.52. The molecule has 2 rings (SSSR count). The zero-order valence-electron chi connectivity index (χ0n) is 11.9. The molecule has 0 saturated carbocycles. The highest BCUT2D eigenvalue weighted by molar-refractivity contribution is 5.99. The first-order valence-electron chi connectivity index (χ1n) is 6.60. The third-order valence-corrected chi connectivity index (χ3v) is 3.46. The van der Waals surface area contributed by atoms with Gasteiger partial charge in [0, 0.05) is 19.8 Å². The Balaban J connectivity index is 2.45. The monoisotopic (exact) mass is 313 g/mol. The Kier molecular flexibility index (Phi) is 4.71. The second-order valence-corrected chi connectivity index (χ2v) is 4.84. The first-order valence-corrected chi connectivity index (χ1v) is 6.60. The van der Waals surface area contributed by atoms with Gasteiger partial charge in [0.05, 0.1) is 12.0 Å². The molecular formula is C12H15N3O7. The highest BCUT2D eigenvalue weighted by Gasteiger charge is 2.37. The number of ether oxygens (including phenoxy) is 2. The molecule has 0 spiro atoms. The van der Waals surface area contributed by atoms with Crippen LogP contribution < -0.4 is 0 Å². The van der Waals surface area contributed by atoms with Crippen LogP contribution in [0.3, 0.4) is 0 Å². The molecule has 0 atom stereocenters. The van der Waals surface area contributed by atoms with Crippen LogP contribution in [-0.4, -0.2) is 52.1 Å². The lowest BCUT2D eigenvalue weighted by molar-refractivity contribution is -0.385. The third-order valence-electron chi connectivity index (χ3n) is 3.46. The smallest absolute Gasteiger partial charge is 0.365 e. The summed E-state index contributed by atoms with van der Waals surface area (Å²) in [5, 5.41) is 24.2. The number of hydrogen-bond acceptors (Lipinski definition) is 7. The molecule has 0 aromatic carbocycles. The minimum absolute atomic E-state index is 0.0804. The maximum Gasteiger partial charge on any atom is 0.365 e. The molecule has 0 aliphatic carbocycles. The Labute approximate surface area is 124 Å². The van der Waals surface area contributed by atoms with Crippen molar-refractivity contribution in [3.05, 3.63) is 21.5 Å². The quantitative estimate of drug-likeness (QED) is 0.477. The average molecular weight is 313 g/mol. The molecule has 0 amide bonds. The SMILES string of the molecule is COC(=O)c1nn(CC2CCOCC2)c(C(=O)O)c1[N+](=O)[O-]. The van der Waals surface area contributed by atoms with Gasteiger partial charge in [-0.3, -0.25) is 14.8 Å². The van der Waals surface area contributed by atoms with Crippen LogP contribution in [0.2, 0.25) is 0 Å². The molecular weight excluding hydrogens is 298 g/mol. The van der Waals surface area contributed by atoms with Crippen LogP contribution in [0.25, 0.3) is 0 Å². The molecule has 10 nitrogen and oxygen atoms in total. The van der Waals surface area contributed by atoms with Crippen LogP contribution in [-0.2, 0) is 16.0 Å². The molecule has 1 saturated heterocycles. The summed E-state index contributed by atoms with van der Waals surface area (Å²) in [7, 11) is 1.05. The summed E-state index contributed by atoms with van der Waals surface area (Å²) in [5.74, 6) is -2.47. The fourth-order valence-electron chi connectivity index (χ4n) is 2.38. The summed E-state index contributed by atoms with van der Waals surface area (Å²) in [4.78, 5) is 33.2. The number of carbonyl (C=O) groups is 2. The van der Waals surface area contributed by atoms with E-state index in [0.29, 0.717) is 26.1 Å². The Morgan fingerprint density at radius 2 is 2.14 bits per heavy atom. The van der Waals surface area contributed by atoms with E-state index in [1.165, 1.54) is 0 Å². The average Bonchev–Trinajstić information content (AvgIpc) is 2.87. The van der Waals surface area contributed by atoms with E-state index in [1.54, 1.807) is 0 Å². The van der Waals surface area contributed by atoms with Crippen molar-refractivity contribution in [3.8, 4) is 0 Å². The lowest BCUT2D eigenvalue weighted by Crippen LogP contribution is -2.23. The van der Waals surface area contributed by atoms with E-state index in [0.717, 1.165) is 11.8 Å². The first-order chi connectivity index (χ1) is 10.5. The Bertz CT molecular complexity index is 604. The van der Waals surface area contributed by atoms with Crippen molar-refractivity contribution in [3.63, 3.8) is 0 Å². The topological polar surface area (TPSA) is 134 Å². The van der Waals surface area contributed by atoms with Gasteiger partial charge >= 0.3 is 17.6 Å². The molecule has 1 N–H and O–H groups in total. The zero-order chi connectivity index (χ0) is 16.3. The van der Waals surface area contributed by atoms with Crippen LogP contribution in [0.1, 0.15) is 33.8 Å². The molecule has 2 heterocycles. The Morgan fingerprint density at radius 3 is 2.64 bits per heavy atom. The lowest BCUT2D eigenvalue weighted by Gasteiger charge is -2.22. The molecule has 1 aromatic heterocycles. The summed E-state index contributed by atoms with van der Waals surface area (Å²) in [6.07, 6.45) is 1.39. The molecule has 22 heavy (non-hydrogen) atoms. The third kappa shape index (κ3) is 3.06. The van der Waals surface area contributed by atoms with Crippen molar-refractivity contribution in [1.82, 2.24) is 9.78 Å². The number of hydrogen-bond donors (Lipinski definition) is 1. The number of esters is 1. The number of nitro groups is 1. The van der Waals surface area contributed by atoms with Gasteiger partial charge in [-0.25, -0.2) is 9.59 Å². The largest absolute Gasteiger partial charge is 0.476 e. The fraction of sp³-hybridized carbons (Fsp3) is 0.583. The van der Waals surface area contributed by atoms with E-state index in [4.69, 9.17) is 4.74 Å². The molecule has 1 aromatic rings. The minimum atomic E-state index is -1.51.